The summed E-state index contributed by atoms with van der Waals surface area (Å²) < 4.78 is 56.4. The Morgan fingerprint density at radius 2 is 1.93 bits per heavy atom. The van der Waals surface area contributed by atoms with E-state index in [9.17, 15) is 22.3 Å². The Morgan fingerprint density at radius 1 is 1.19 bits per heavy atom. The summed E-state index contributed by atoms with van der Waals surface area (Å²) in [5, 5.41) is 12.6. The van der Waals surface area contributed by atoms with Gasteiger partial charge < -0.3 is 10.4 Å². The third-order valence-electron chi connectivity index (χ3n) is 4.12. The van der Waals surface area contributed by atoms with Gasteiger partial charge in [-0.05, 0) is 31.0 Å². The summed E-state index contributed by atoms with van der Waals surface area (Å²) in [6.45, 7) is 0.185. The van der Waals surface area contributed by atoms with E-state index in [0.29, 0.717) is 23.6 Å². The van der Waals surface area contributed by atoms with E-state index in [1.54, 1.807) is 24.3 Å². The molecule has 1 saturated heterocycles. The highest BCUT2D eigenvalue weighted by atomic mass is 35.5. The van der Waals surface area contributed by atoms with Crippen LogP contribution >= 0.6 is 11.6 Å². The van der Waals surface area contributed by atoms with E-state index in [-0.39, 0.29) is 24.5 Å². The van der Waals surface area contributed by atoms with Gasteiger partial charge in [-0.1, -0.05) is 23.7 Å². The SMILES string of the molecule is O=S(=O)(Nc1cc(F)c(F)c(Nc2ccccc2Cl)c1)N1CCCC(O)C1. The van der Waals surface area contributed by atoms with Crippen LogP contribution in [0.3, 0.4) is 0 Å². The van der Waals surface area contributed by atoms with E-state index in [1.165, 1.54) is 0 Å². The second-order valence-corrected chi connectivity index (χ2v) is 8.26. The van der Waals surface area contributed by atoms with Gasteiger partial charge in [0.15, 0.2) is 11.6 Å². The summed E-state index contributed by atoms with van der Waals surface area (Å²) in [4.78, 5) is 0. The van der Waals surface area contributed by atoms with Crippen LogP contribution in [0.1, 0.15) is 12.8 Å². The van der Waals surface area contributed by atoms with Gasteiger partial charge in [0.25, 0.3) is 0 Å². The lowest BCUT2D eigenvalue weighted by molar-refractivity contribution is 0.108. The zero-order chi connectivity index (χ0) is 19.6. The number of benzene rings is 2. The van der Waals surface area contributed by atoms with Crippen molar-refractivity contribution < 1.29 is 22.3 Å². The number of hydrogen-bond acceptors (Lipinski definition) is 4. The van der Waals surface area contributed by atoms with Gasteiger partial charge >= 0.3 is 10.2 Å². The Hall–Kier alpha value is -1.94. The fraction of sp³-hybridized carbons (Fsp3) is 0.294. The molecule has 1 unspecified atom stereocenters. The standard InChI is InChI=1S/C17H18ClF2N3O3S/c18-13-5-1-2-6-15(13)21-16-9-11(8-14(19)17(16)20)22-27(25,26)23-7-3-4-12(24)10-23/h1-2,5-6,8-9,12,21-22,24H,3-4,7,10H2. The molecule has 146 valence electrons. The van der Waals surface area contributed by atoms with Crippen LogP contribution in [0, 0.1) is 11.6 Å². The smallest absolute Gasteiger partial charge is 0.301 e. The van der Waals surface area contributed by atoms with Gasteiger partial charge in [0.1, 0.15) is 0 Å². The summed E-state index contributed by atoms with van der Waals surface area (Å²) in [6.07, 6.45) is 0.278. The highest BCUT2D eigenvalue weighted by molar-refractivity contribution is 7.90. The number of halogens is 3. The topological polar surface area (TPSA) is 81.7 Å². The number of aliphatic hydroxyl groups is 1. The molecule has 0 radical (unpaired) electrons. The van der Waals surface area contributed by atoms with Crippen LogP contribution in [0.15, 0.2) is 36.4 Å². The third kappa shape index (κ3) is 4.67. The molecule has 10 heteroatoms. The Bertz CT molecular complexity index is 943. The average molecular weight is 418 g/mol. The minimum absolute atomic E-state index is 0.0518. The van der Waals surface area contributed by atoms with Crippen LogP contribution < -0.4 is 10.0 Å². The van der Waals surface area contributed by atoms with Crippen molar-refractivity contribution in [2.75, 3.05) is 23.1 Å². The molecule has 1 aliphatic rings. The molecule has 1 aliphatic heterocycles. The maximum absolute atomic E-state index is 14.1. The second kappa shape index (κ2) is 7.97. The molecular weight excluding hydrogens is 400 g/mol. The van der Waals surface area contributed by atoms with Gasteiger partial charge in [-0.3, -0.25) is 4.72 Å². The van der Waals surface area contributed by atoms with Crippen LogP contribution in [-0.2, 0) is 10.2 Å². The van der Waals surface area contributed by atoms with Crippen molar-refractivity contribution in [3.8, 4) is 0 Å². The highest BCUT2D eigenvalue weighted by Gasteiger charge is 2.28. The number of β-amino-alcohol motifs (C(OH)–C–C–N with tert-alkyl or cyclic N) is 1. The number of nitrogens with one attached hydrogen (secondary N) is 2. The number of nitrogens with zero attached hydrogens (tertiary/aromatic N) is 1. The zero-order valence-electron chi connectivity index (χ0n) is 14.1. The van der Waals surface area contributed by atoms with Gasteiger partial charge in [0.05, 0.1) is 28.2 Å². The maximum atomic E-state index is 14.1. The van der Waals surface area contributed by atoms with Crippen molar-refractivity contribution >= 4 is 38.9 Å². The zero-order valence-corrected chi connectivity index (χ0v) is 15.7. The number of hydrogen-bond donors (Lipinski definition) is 3. The fourth-order valence-electron chi connectivity index (χ4n) is 2.80. The molecule has 27 heavy (non-hydrogen) atoms. The predicted octanol–water partition coefficient (Wildman–Crippen LogP) is 3.48. The summed E-state index contributed by atoms with van der Waals surface area (Å²) in [5.74, 6) is -2.38. The molecule has 6 nitrogen and oxygen atoms in total. The molecule has 0 amide bonds. The van der Waals surface area contributed by atoms with Crippen molar-refractivity contribution in [3.05, 3.63) is 53.1 Å². The van der Waals surface area contributed by atoms with Crippen LogP contribution in [-0.4, -0.2) is 37.0 Å². The normalized spacial score (nSPS) is 18.3. The maximum Gasteiger partial charge on any atom is 0.301 e. The van der Waals surface area contributed by atoms with Crippen LogP contribution in [0.25, 0.3) is 0 Å². The molecule has 1 heterocycles. The van der Waals surface area contributed by atoms with Crippen molar-refractivity contribution in [2.45, 2.75) is 18.9 Å². The molecule has 0 saturated carbocycles. The minimum Gasteiger partial charge on any atom is -0.392 e. The van der Waals surface area contributed by atoms with Gasteiger partial charge in [-0.2, -0.15) is 12.7 Å². The summed E-state index contributed by atoms with van der Waals surface area (Å²) in [7, 11) is -4.02. The number of para-hydroxylation sites is 1. The van der Waals surface area contributed by atoms with Gasteiger partial charge in [0.2, 0.25) is 0 Å². The van der Waals surface area contributed by atoms with E-state index in [4.69, 9.17) is 11.6 Å². The largest absolute Gasteiger partial charge is 0.392 e. The fourth-order valence-corrected chi connectivity index (χ4v) is 4.26. The Labute approximate surface area is 160 Å². The average Bonchev–Trinajstić information content (AvgIpc) is 2.61. The first-order valence-electron chi connectivity index (χ1n) is 8.23. The monoisotopic (exact) mass is 417 g/mol. The predicted molar refractivity (Wildman–Crippen MR) is 100 cm³/mol. The lowest BCUT2D eigenvalue weighted by Crippen LogP contribution is -2.44. The van der Waals surface area contributed by atoms with E-state index < -0.39 is 27.9 Å². The second-order valence-electron chi connectivity index (χ2n) is 6.19. The Balaban J connectivity index is 1.86. The molecule has 0 bridgehead atoms. The summed E-state index contributed by atoms with van der Waals surface area (Å²) >= 11 is 6.01. The molecule has 1 fully saturated rings. The molecule has 1 atom stereocenters. The van der Waals surface area contributed by atoms with Crippen LogP contribution in [0.5, 0.6) is 0 Å². The first kappa shape index (κ1) is 19.8. The summed E-state index contributed by atoms with van der Waals surface area (Å²) in [6, 6.07) is 8.39. The first-order chi connectivity index (χ1) is 12.8. The van der Waals surface area contributed by atoms with Gasteiger partial charge in [0, 0.05) is 19.2 Å². The first-order valence-corrected chi connectivity index (χ1v) is 10.0. The third-order valence-corrected chi connectivity index (χ3v) is 5.95. The van der Waals surface area contributed by atoms with Gasteiger partial charge in [-0.25, -0.2) is 8.78 Å². The summed E-state index contributed by atoms with van der Waals surface area (Å²) in [5.41, 5.74) is -0.0698. The number of anilines is 3. The molecule has 0 aromatic heterocycles. The molecular formula is C17H18ClF2N3O3S. The van der Waals surface area contributed by atoms with E-state index >= 15 is 0 Å². The lowest BCUT2D eigenvalue weighted by atomic mass is 10.1. The van der Waals surface area contributed by atoms with Crippen molar-refractivity contribution in [1.82, 2.24) is 4.31 Å². The van der Waals surface area contributed by atoms with Crippen LogP contribution in [0.2, 0.25) is 5.02 Å². The van der Waals surface area contributed by atoms with Crippen molar-refractivity contribution in [2.24, 2.45) is 0 Å². The number of rotatable bonds is 5. The molecule has 0 aliphatic carbocycles. The molecule has 2 aromatic rings. The van der Waals surface area contributed by atoms with E-state index in [2.05, 4.69) is 10.0 Å². The van der Waals surface area contributed by atoms with E-state index in [0.717, 1.165) is 16.4 Å². The minimum atomic E-state index is -4.02. The Morgan fingerprint density at radius 3 is 2.63 bits per heavy atom. The number of aliphatic hydroxyl groups excluding tert-OH is 1. The molecule has 2 aromatic carbocycles. The quantitative estimate of drug-likeness (QED) is 0.695. The Kier molecular flexibility index (Phi) is 5.85. The van der Waals surface area contributed by atoms with Crippen molar-refractivity contribution in [3.63, 3.8) is 0 Å². The van der Waals surface area contributed by atoms with Crippen molar-refractivity contribution in [1.29, 1.82) is 0 Å². The molecule has 0 spiro atoms. The lowest BCUT2D eigenvalue weighted by Gasteiger charge is -2.29. The van der Waals surface area contributed by atoms with E-state index in [1.807, 2.05) is 0 Å². The molecule has 3 rings (SSSR count). The molecule has 3 N–H and O–H groups in total. The van der Waals surface area contributed by atoms with Crippen LogP contribution in [0.4, 0.5) is 25.8 Å². The van der Waals surface area contributed by atoms with Gasteiger partial charge in [-0.15, -0.1) is 0 Å². The number of piperidine rings is 1. The highest BCUT2D eigenvalue weighted by Crippen LogP contribution is 2.30.